The van der Waals surface area contributed by atoms with Crippen molar-refractivity contribution in [1.82, 2.24) is 0 Å². The first-order chi connectivity index (χ1) is 13.5. The number of allylic oxidation sites excluding steroid dienone is 4. The van der Waals surface area contributed by atoms with Crippen LogP contribution in [-0.4, -0.2) is 46.1 Å². The largest absolute Gasteiger partial charge is 0.458 e. The Morgan fingerprint density at radius 3 is 2.69 bits per heavy atom. The Bertz CT molecular complexity index is 827. The Morgan fingerprint density at radius 1 is 1.28 bits per heavy atom. The monoisotopic (exact) mass is 402 g/mol. The van der Waals surface area contributed by atoms with Crippen LogP contribution in [0.3, 0.4) is 0 Å². The van der Waals surface area contributed by atoms with Crippen molar-refractivity contribution in [2.24, 2.45) is 28.6 Å². The number of ether oxygens (including phenoxy) is 1. The molecule has 4 aliphatic carbocycles. The molecule has 2 N–H and O–H groups in total. The van der Waals surface area contributed by atoms with E-state index >= 15 is 0 Å². The minimum absolute atomic E-state index is 0.0228. The predicted octanol–water partition coefficient (Wildman–Crippen LogP) is 2.13. The summed E-state index contributed by atoms with van der Waals surface area (Å²) in [7, 11) is 0. The molecular weight excluding hydrogens is 372 g/mol. The van der Waals surface area contributed by atoms with Gasteiger partial charge in [0, 0.05) is 24.7 Å². The Morgan fingerprint density at radius 2 is 2.00 bits per heavy atom. The highest BCUT2D eigenvalue weighted by Crippen LogP contribution is 2.66. The van der Waals surface area contributed by atoms with Crippen LogP contribution in [0.15, 0.2) is 23.8 Å². The molecule has 0 spiro atoms. The molecule has 0 unspecified atom stereocenters. The summed E-state index contributed by atoms with van der Waals surface area (Å²) in [6.45, 7) is 4.81. The Hall–Kier alpha value is -1.79. The summed E-state index contributed by atoms with van der Waals surface area (Å²) in [6, 6.07) is 0. The average molecular weight is 402 g/mol. The molecule has 4 aliphatic rings. The molecule has 0 bridgehead atoms. The summed E-state index contributed by atoms with van der Waals surface area (Å²) in [6.07, 6.45) is 7.57. The first-order valence-electron chi connectivity index (χ1n) is 10.5. The number of carbonyl (C=O) groups excluding carboxylic acids is 3. The molecule has 29 heavy (non-hydrogen) atoms. The third-order valence-corrected chi connectivity index (χ3v) is 8.48. The number of esters is 1. The SMILES string of the molecule is CC(=O)OCC(=O)[C@]1(O)CC[C@@H]2[C@H]3C=CC4=CC(=O)CC[C@]4(C)[C@@H]3[C@H](O)C[C@]21C. The van der Waals surface area contributed by atoms with Gasteiger partial charge in [-0.15, -0.1) is 0 Å². The van der Waals surface area contributed by atoms with Crippen molar-refractivity contribution in [3.05, 3.63) is 23.8 Å². The number of rotatable bonds is 3. The molecule has 0 aromatic rings. The van der Waals surface area contributed by atoms with Crippen LogP contribution in [0.1, 0.15) is 52.9 Å². The highest BCUT2D eigenvalue weighted by atomic mass is 16.5. The van der Waals surface area contributed by atoms with Crippen LogP contribution >= 0.6 is 0 Å². The van der Waals surface area contributed by atoms with Crippen LogP contribution < -0.4 is 0 Å². The van der Waals surface area contributed by atoms with Crippen LogP contribution in [0.5, 0.6) is 0 Å². The normalized spacial score (nSPS) is 45.7. The van der Waals surface area contributed by atoms with Crippen molar-refractivity contribution >= 4 is 17.5 Å². The molecule has 0 saturated heterocycles. The fraction of sp³-hybridized carbons (Fsp3) is 0.696. The summed E-state index contributed by atoms with van der Waals surface area (Å²) in [4.78, 5) is 35.9. The van der Waals surface area contributed by atoms with Gasteiger partial charge in [0.15, 0.2) is 12.4 Å². The molecule has 2 saturated carbocycles. The molecule has 0 radical (unpaired) electrons. The Kier molecular flexibility index (Phi) is 4.67. The number of Topliss-reactive ketones (excluding diaryl/α,β-unsaturated/α-hetero) is 1. The van der Waals surface area contributed by atoms with Gasteiger partial charge in [-0.3, -0.25) is 14.4 Å². The molecule has 4 rings (SSSR count). The fourth-order valence-electron chi connectivity index (χ4n) is 6.88. The van der Waals surface area contributed by atoms with E-state index in [-0.39, 0.29) is 29.0 Å². The third kappa shape index (κ3) is 2.79. The second-order valence-electron chi connectivity index (χ2n) is 9.84. The van der Waals surface area contributed by atoms with E-state index < -0.39 is 35.5 Å². The van der Waals surface area contributed by atoms with Gasteiger partial charge in [0.2, 0.25) is 5.78 Å². The third-order valence-electron chi connectivity index (χ3n) is 8.48. The maximum Gasteiger partial charge on any atom is 0.303 e. The minimum atomic E-state index is -1.62. The molecule has 158 valence electrons. The van der Waals surface area contributed by atoms with Crippen LogP contribution in [0.2, 0.25) is 0 Å². The number of hydrogen-bond acceptors (Lipinski definition) is 6. The highest BCUT2D eigenvalue weighted by Gasteiger charge is 2.67. The lowest BCUT2D eigenvalue weighted by molar-refractivity contribution is -0.177. The van der Waals surface area contributed by atoms with E-state index in [2.05, 4.69) is 13.0 Å². The van der Waals surface area contributed by atoms with Crippen LogP contribution in [-0.2, 0) is 19.1 Å². The van der Waals surface area contributed by atoms with Gasteiger partial charge in [0.05, 0.1) is 6.10 Å². The molecular formula is C23H30O6. The second kappa shape index (κ2) is 6.61. The number of hydrogen-bond donors (Lipinski definition) is 2. The lowest BCUT2D eigenvalue weighted by atomic mass is 9.47. The minimum Gasteiger partial charge on any atom is -0.458 e. The van der Waals surface area contributed by atoms with Crippen LogP contribution in [0.4, 0.5) is 0 Å². The van der Waals surface area contributed by atoms with Gasteiger partial charge >= 0.3 is 5.97 Å². The number of carbonyl (C=O) groups is 3. The molecule has 7 atom stereocenters. The number of aliphatic hydroxyl groups is 2. The van der Waals surface area contributed by atoms with Crippen LogP contribution in [0.25, 0.3) is 0 Å². The fourth-order valence-corrected chi connectivity index (χ4v) is 6.88. The molecule has 0 aliphatic heterocycles. The van der Waals surface area contributed by atoms with Crippen molar-refractivity contribution < 1.29 is 29.3 Å². The van der Waals surface area contributed by atoms with Gasteiger partial charge in [-0.2, -0.15) is 0 Å². The van der Waals surface area contributed by atoms with Gasteiger partial charge < -0.3 is 14.9 Å². The zero-order valence-electron chi connectivity index (χ0n) is 17.3. The molecule has 6 heteroatoms. The maximum atomic E-state index is 12.9. The zero-order valence-corrected chi connectivity index (χ0v) is 17.3. The van der Waals surface area contributed by atoms with Gasteiger partial charge in [0.25, 0.3) is 0 Å². The van der Waals surface area contributed by atoms with Crippen molar-refractivity contribution in [2.45, 2.75) is 64.6 Å². The summed E-state index contributed by atoms with van der Waals surface area (Å²) in [5.74, 6) is -0.903. The second-order valence-corrected chi connectivity index (χ2v) is 9.84. The van der Waals surface area contributed by atoms with Crippen molar-refractivity contribution in [3.8, 4) is 0 Å². The number of fused-ring (bicyclic) bond motifs is 5. The maximum absolute atomic E-state index is 12.9. The van der Waals surface area contributed by atoms with Gasteiger partial charge in [-0.05, 0) is 54.6 Å². The summed E-state index contributed by atoms with van der Waals surface area (Å²) in [5, 5.41) is 22.7. The molecule has 0 amide bonds. The molecule has 0 aromatic carbocycles. The van der Waals surface area contributed by atoms with E-state index in [1.54, 1.807) is 6.08 Å². The van der Waals surface area contributed by atoms with E-state index in [0.717, 1.165) is 5.57 Å². The molecule has 6 nitrogen and oxygen atoms in total. The van der Waals surface area contributed by atoms with E-state index in [0.29, 0.717) is 32.1 Å². The highest BCUT2D eigenvalue weighted by molar-refractivity contribution is 5.92. The van der Waals surface area contributed by atoms with E-state index in [4.69, 9.17) is 4.74 Å². The van der Waals surface area contributed by atoms with Gasteiger partial charge in [-0.1, -0.05) is 26.0 Å². The number of ketones is 2. The lowest BCUT2D eigenvalue weighted by Gasteiger charge is -2.58. The smallest absolute Gasteiger partial charge is 0.303 e. The average Bonchev–Trinajstić information content (AvgIpc) is 2.91. The van der Waals surface area contributed by atoms with Crippen LogP contribution in [0, 0.1) is 28.6 Å². The van der Waals surface area contributed by atoms with E-state index in [1.165, 1.54) is 6.92 Å². The van der Waals surface area contributed by atoms with Crippen molar-refractivity contribution in [1.29, 1.82) is 0 Å². The molecule has 0 heterocycles. The molecule has 0 aromatic heterocycles. The Labute approximate surface area is 171 Å². The summed E-state index contributed by atoms with van der Waals surface area (Å²) in [5.41, 5.74) is -1.71. The van der Waals surface area contributed by atoms with Gasteiger partial charge in [-0.25, -0.2) is 0 Å². The zero-order chi connectivity index (χ0) is 21.2. The topological polar surface area (TPSA) is 101 Å². The summed E-state index contributed by atoms with van der Waals surface area (Å²) >= 11 is 0. The lowest BCUT2D eigenvalue weighted by Crippen LogP contribution is -2.61. The summed E-state index contributed by atoms with van der Waals surface area (Å²) < 4.78 is 4.87. The van der Waals surface area contributed by atoms with Crippen molar-refractivity contribution in [3.63, 3.8) is 0 Å². The standard InChI is InChI=1S/C23H30O6/c1-13(24)29-12-19(27)23(28)9-7-17-16-5-4-14-10-15(25)6-8-21(14,2)20(16)18(26)11-22(17,23)3/h4-5,10,16-18,20,26,28H,6-9,11-12H2,1-3H3/t16-,17-,18-,20+,21+,22-,23-/m1/s1. The predicted molar refractivity (Wildman–Crippen MR) is 105 cm³/mol. The first kappa shape index (κ1) is 20.5. The quantitative estimate of drug-likeness (QED) is 0.702. The molecule has 2 fully saturated rings. The van der Waals surface area contributed by atoms with E-state index in [9.17, 15) is 24.6 Å². The number of aliphatic hydroxyl groups excluding tert-OH is 1. The Balaban J connectivity index is 1.69. The van der Waals surface area contributed by atoms with Crippen molar-refractivity contribution in [2.75, 3.05) is 6.61 Å². The van der Waals surface area contributed by atoms with Gasteiger partial charge in [0.1, 0.15) is 5.60 Å². The first-order valence-corrected chi connectivity index (χ1v) is 10.5. The van der Waals surface area contributed by atoms with E-state index in [1.807, 2.05) is 13.0 Å².